The monoisotopic (exact) mass is 626 g/mol. The number of hydrogen-bond acceptors (Lipinski definition) is 1. The van der Waals surface area contributed by atoms with Crippen LogP contribution in [0.3, 0.4) is 0 Å². The standard InChI is InChI=1S/C47H34N2/c1-2-3-16-45(48)38-20-19-33-27-32(17-18-34(33)29-38)35-21-24-42-36(28-35)23-26-44-43-25-22-37(41-15-9-11-31-10-7-8-14-40(31)41)30-46(43)49(47(42)44)39-12-5-4-6-13-39/h2-30H,48H2,1H3/b3-2-,45-16-. The van der Waals surface area contributed by atoms with Gasteiger partial charge in [-0.25, -0.2) is 0 Å². The Morgan fingerprint density at radius 1 is 0.510 bits per heavy atom. The largest absolute Gasteiger partial charge is 0.398 e. The van der Waals surface area contributed by atoms with E-state index in [-0.39, 0.29) is 0 Å². The number of allylic oxidation sites excluding steroid dienone is 3. The zero-order valence-electron chi connectivity index (χ0n) is 27.3. The lowest BCUT2D eigenvalue weighted by Crippen LogP contribution is -1.95. The molecule has 9 aromatic rings. The summed E-state index contributed by atoms with van der Waals surface area (Å²) >= 11 is 0. The second-order valence-electron chi connectivity index (χ2n) is 12.8. The van der Waals surface area contributed by atoms with Crippen LogP contribution in [0.25, 0.3) is 87.8 Å². The maximum Gasteiger partial charge on any atom is 0.0619 e. The zero-order valence-corrected chi connectivity index (χ0v) is 27.3. The lowest BCUT2D eigenvalue weighted by Gasteiger charge is -2.12. The van der Waals surface area contributed by atoms with Crippen LogP contribution >= 0.6 is 0 Å². The summed E-state index contributed by atoms with van der Waals surface area (Å²) in [5, 5.41) is 9.86. The molecule has 1 heterocycles. The van der Waals surface area contributed by atoms with Gasteiger partial charge in [0.05, 0.1) is 11.0 Å². The van der Waals surface area contributed by atoms with Gasteiger partial charge in [-0.3, -0.25) is 0 Å². The molecular formula is C47H34N2. The molecule has 9 rings (SSSR count). The van der Waals surface area contributed by atoms with Crippen molar-refractivity contribution >= 4 is 59.8 Å². The fourth-order valence-corrected chi connectivity index (χ4v) is 7.41. The molecule has 2 N–H and O–H groups in total. The molecule has 49 heavy (non-hydrogen) atoms. The number of rotatable bonds is 5. The quantitative estimate of drug-likeness (QED) is 0.189. The van der Waals surface area contributed by atoms with Crippen LogP contribution in [0, 0.1) is 0 Å². The Hall–Kier alpha value is -6.38. The highest BCUT2D eigenvalue weighted by Gasteiger charge is 2.17. The molecule has 0 saturated heterocycles. The molecule has 2 nitrogen and oxygen atoms in total. The van der Waals surface area contributed by atoms with E-state index in [1.54, 1.807) is 0 Å². The van der Waals surface area contributed by atoms with Crippen molar-refractivity contribution in [1.82, 2.24) is 4.57 Å². The Bertz CT molecular complexity index is 2770. The number of fused-ring (bicyclic) bond motifs is 7. The van der Waals surface area contributed by atoms with Crippen molar-refractivity contribution in [3.05, 3.63) is 182 Å². The number of para-hydroxylation sites is 1. The summed E-state index contributed by atoms with van der Waals surface area (Å²) in [6.45, 7) is 1.99. The Morgan fingerprint density at radius 2 is 1.18 bits per heavy atom. The SMILES string of the molecule is C/C=C\C=C(/N)c1ccc2cc(-c3ccc4c(ccc5c6ccc(-c7cccc8ccccc78)cc6n(-c6ccccc6)c45)c3)ccc2c1. The van der Waals surface area contributed by atoms with Crippen LogP contribution in [0.2, 0.25) is 0 Å². The van der Waals surface area contributed by atoms with Gasteiger partial charge >= 0.3 is 0 Å². The predicted octanol–water partition coefficient (Wildman–Crippen LogP) is 12.5. The van der Waals surface area contributed by atoms with Crippen molar-refractivity contribution in [2.45, 2.75) is 6.92 Å². The van der Waals surface area contributed by atoms with Gasteiger partial charge in [0.1, 0.15) is 0 Å². The predicted molar refractivity (Wildman–Crippen MR) is 211 cm³/mol. The number of nitrogens with zero attached hydrogens (tertiary/aromatic N) is 1. The van der Waals surface area contributed by atoms with E-state index in [9.17, 15) is 0 Å². The maximum absolute atomic E-state index is 6.32. The smallest absolute Gasteiger partial charge is 0.0619 e. The molecule has 2 heteroatoms. The lowest BCUT2D eigenvalue weighted by atomic mass is 9.96. The third-order valence-corrected chi connectivity index (χ3v) is 9.83. The summed E-state index contributed by atoms with van der Waals surface area (Å²) in [6, 6.07) is 57.5. The molecule has 0 aliphatic heterocycles. The summed E-state index contributed by atoms with van der Waals surface area (Å²) in [5.41, 5.74) is 16.6. The first-order valence-corrected chi connectivity index (χ1v) is 16.8. The normalized spacial score (nSPS) is 12.3. The topological polar surface area (TPSA) is 30.9 Å². The number of aromatic nitrogens is 1. The Balaban J connectivity index is 1.21. The summed E-state index contributed by atoms with van der Waals surface area (Å²) in [6.07, 6.45) is 5.90. The van der Waals surface area contributed by atoms with Gasteiger partial charge < -0.3 is 10.3 Å². The molecule has 232 valence electrons. The van der Waals surface area contributed by atoms with E-state index in [2.05, 4.69) is 162 Å². The van der Waals surface area contributed by atoms with E-state index in [0.29, 0.717) is 0 Å². The van der Waals surface area contributed by atoms with Crippen LogP contribution < -0.4 is 5.73 Å². The molecule has 0 aliphatic carbocycles. The van der Waals surface area contributed by atoms with E-state index in [4.69, 9.17) is 5.73 Å². The molecule has 8 aromatic carbocycles. The second kappa shape index (κ2) is 11.7. The number of benzene rings is 8. The van der Waals surface area contributed by atoms with Crippen molar-refractivity contribution < 1.29 is 0 Å². The first-order valence-electron chi connectivity index (χ1n) is 16.8. The lowest BCUT2D eigenvalue weighted by molar-refractivity contribution is 1.19. The van der Waals surface area contributed by atoms with Crippen LogP contribution in [0.5, 0.6) is 0 Å². The van der Waals surface area contributed by atoms with Crippen molar-refractivity contribution in [3.8, 4) is 27.9 Å². The molecule has 1 aromatic heterocycles. The summed E-state index contributed by atoms with van der Waals surface area (Å²) in [5.74, 6) is 0. The van der Waals surface area contributed by atoms with Gasteiger partial charge in [-0.15, -0.1) is 0 Å². The number of nitrogens with two attached hydrogens (primary N) is 1. The van der Waals surface area contributed by atoms with Gasteiger partial charge in [-0.1, -0.05) is 133 Å². The summed E-state index contributed by atoms with van der Waals surface area (Å²) < 4.78 is 2.45. The first kappa shape index (κ1) is 28.8. The van der Waals surface area contributed by atoms with Crippen molar-refractivity contribution in [3.63, 3.8) is 0 Å². The Morgan fingerprint density at radius 3 is 2.06 bits per heavy atom. The summed E-state index contributed by atoms with van der Waals surface area (Å²) in [4.78, 5) is 0. The van der Waals surface area contributed by atoms with Gasteiger partial charge in [-0.05, 0) is 104 Å². The van der Waals surface area contributed by atoms with Crippen molar-refractivity contribution in [2.75, 3.05) is 0 Å². The molecule has 0 saturated carbocycles. The molecule has 0 spiro atoms. The van der Waals surface area contributed by atoms with Crippen LogP contribution in [0.1, 0.15) is 12.5 Å². The van der Waals surface area contributed by atoms with Crippen LogP contribution in [-0.2, 0) is 0 Å². The minimum Gasteiger partial charge on any atom is -0.398 e. The Labute approximate surface area is 285 Å². The van der Waals surface area contributed by atoms with Crippen molar-refractivity contribution in [2.24, 2.45) is 5.73 Å². The molecule has 0 radical (unpaired) electrons. The second-order valence-corrected chi connectivity index (χ2v) is 12.8. The third kappa shape index (κ3) is 4.89. The molecule has 0 aliphatic rings. The minimum absolute atomic E-state index is 0.766. The molecule has 0 bridgehead atoms. The van der Waals surface area contributed by atoms with Crippen LogP contribution in [0.15, 0.2) is 176 Å². The van der Waals surface area contributed by atoms with Gasteiger partial charge in [0.25, 0.3) is 0 Å². The third-order valence-electron chi connectivity index (χ3n) is 9.83. The van der Waals surface area contributed by atoms with Crippen LogP contribution in [-0.4, -0.2) is 4.57 Å². The zero-order chi connectivity index (χ0) is 32.9. The maximum atomic E-state index is 6.32. The van der Waals surface area contributed by atoms with Crippen LogP contribution in [0.4, 0.5) is 0 Å². The molecule has 0 fully saturated rings. The van der Waals surface area contributed by atoms with E-state index < -0.39 is 0 Å². The highest BCUT2D eigenvalue weighted by atomic mass is 15.0. The van der Waals surface area contributed by atoms with Gasteiger partial charge in [0.2, 0.25) is 0 Å². The highest BCUT2D eigenvalue weighted by molar-refractivity contribution is 6.19. The number of hydrogen-bond donors (Lipinski definition) is 1. The van der Waals surface area contributed by atoms with E-state index >= 15 is 0 Å². The molecule has 0 atom stereocenters. The van der Waals surface area contributed by atoms with Gasteiger partial charge in [0.15, 0.2) is 0 Å². The average Bonchev–Trinajstić information content (AvgIpc) is 3.50. The molecule has 0 unspecified atom stereocenters. The Kier molecular flexibility index (Phi) is 6.88. The van der Waals surface area contributed by atoms with E-state index in [1.807, 2.05) is 25.2 Å². The average molecular weight is 627 g/mol. The molecular weight excluding hydrogens is 593 g/mol. The fraction of sp³-hybridized carbons (Fsp3) is 0.0213. The van der Waals surface area contributed by atoms with E-state index in [1.165, 1.54) is 76.4 Å². The summed E-state index contributed by atoms with van der Waals surface area (Å²) in [7, 11) is 0. The minimum atomic E-state index is 0.766. The van der Waals surface area contributed by atoms with E-state index in [0.717, 1.165) is 16.9 Å². The van der Waals surface area contributed by atoms with Gasteiger partial charge in [0, 0.05) is 27.5 Å². The highest BCUT2D eigenvalue weighted by Crippen LogP contribution is 2.40. The first-order chi connectivity index (χ1) is 24.2. The fourth-order valence-electron chi connectivity index (χ4n) is 7.41. The van der Waals surface area contributed by atoms with Gasteiger partial charge in [-0.2, -0.15) is 0 Å². The van der Waals surface area contributed by atoms with Crippen molar-refractivity contribution in [1.29, 1.82) is 0 Å². The molecule has 0 amide bonds.